The van der Waals surface area contributed by atoms with Crippen molar-refractivity contribution in [2.45, 2.75) is 24.2 Å². The number of hydrogen-bond acceptors (Lipinski definition) is 3. The fourth-order valence-electron chi connectivity index (χ4n) is 2.99. The van der Waals surface area contributed by atoms with Crippen molar-refractivity contribution >= 4 is 26.9 Å². The number of nitrogens with one attached hydrogen (secondary N) is 1. The zero-order valence-electron chi connectivity index (χ0n) is 12.5. The van der Waals surface area contributed by atoms with E-state index in [1.165, 1.54) is 18.4 Å². The Morgan fingerprint density at radius 3 is 2.73 bits per heavy atom. The zero-order chi connectivity index (χ0) is 16.1. The Morgan fingerprint density at radius 1 is 1.36 bits per heavy atom. The number of carboxylic acids is 1. The molecule has 2 aromatic rings. The average molecular weight is 322 g/mol. The van der Waals surface area contributed by atoms with Crippen molar-refractivity contribution in [3.8, 4) is 0 Å². The van der Waals surface area contributed by atoms with Crippen LogP contribution in [0.2, 0.25) is 0 Å². The number of sulfonamides is 1. The normalized spacial score (nSPS) is 18.6. The second-order valence-corrected chi connectivity index (χ2v) is 8.01. The number of aliphatic carboxylic acids is 1. The van der Waals surface area contributed by atoms with Crippen molar-refractivity contribution in [2.24, 2.45) is 5.92 Å². The topological polar surface area (TPSA) is 90.5 Å². The van der Waals surface area contributed by atoms with E-state index in [9.17, 15) is 13.2 Å². The highest BCUT2D eigenvalue weighted by molar-refractivity contribution is 7.89. The van der Waals surface area contributed by atoms with E-state index in [2.05, 4.69) is 4.98 Å². The number of aryl methyl sites for hydroxylation is 1. The van der Waals surface area contributed by atoms with Gasteiger partial charge in [-0.25, -0.2) is 12.7 Å². The average Bonchev–Trinajstić information content (AvgIpc) is 2.83. The van der Waals surface area contributed by atoms with E-state index >= 15 is 0 Å². The third-order valence-electron chi connectivity index (χ3n) is 4.29. The van der Waals surface area contributed by atoms with Gasteiger partial charge >= 0.3 is 5.97 Å². The largest absolute Gasteiger partial charge is 0.481 e. The Morgan fingerprint density at radius 2 is 2.09 bits per heavy atom. The third kappa shape index (κ3) is 2.30. The van der Waals surface area contributed by atoms with Crippen LogP contribution in [0.5, 0.6) is 0 Å². The molecule has 1 aromatic carbocycles. The number of aromatic amines is 1. The van der Waals surface area contributed by atoms with E-state index in [0.717, 1.165) is 22.2 Å². The first-order chi connectivity index (χ1) is 10.3. The summed E-state index contributed by atoms with van der Waals surface area (Å²) in [6.45, 7) is 0. The molecule has 1 atom stereocenters. The van der Waals surface area contributed by atoms with Gasteiger partial charge < -0.3 is 10.1 Å². The van der Waals surface area contributed by atoms with Gasteiger partial charge in [0.05, 0.1) is 10.8 Å². The molecule has 1 aliphatic carbocycles. The molecule has 1 aliphatic rings. The Balaban J connectivity index is 2.10. The standard InChI is InChI=1S/C15H18N2O4S/c1-17(2)22(20,21)10-4-6-13-12(8-10)11-5-3-9(15(18)19)7-14(11)16-13/h4,6,8-9,16H,3,5,7H2,1-2H3,(H,18,19). The summed E-state index contributed by atoms with van der Waals surface area (Å²) in [4.78, 5) is 14.6. The van der Waals surface area contributed by atoms with Gasteiger partial charge in [0.1, 0.15) is 0 Å². The smallest absolute Gasteiger partial charge is 0.306 e. The monoisotopic (exact) mass is 322 g/mol. The van der Waals surface area contributed by atoms with Crippen LogP contribution in [0, 0.1) is 5.92 Å². The van der Waals surface area contributed by atoms with Gasteiger partial charge in [-0.2, -0.15) is 0 Å². The molecule has 6 nitrogen and oxygen atoms in total. The van der Waals surface area contributed by atoms with Crippen LogP contribution in [0.15, 0.2) is 23.1 Å². The van der Waals surface area contributed by atoms with Gasteiger partial charge in [0.15, 0.2) is 0 Å². The molecule has 118 valence electrons. The van der Waals surface area contributed by atoms with Crippen molar-refractivity contribution in [1.82, 2.24) is 9.29 Å². The number of aromatic nitrogens is 1. The first-order valence-electron chi connectivity index (χ1n) is 7.09. The van der Waals surface area contributed by atoms with Crippen LogP contribution in [0.4, 0.5) is 0 Å². The molecular weight excluding hydrogens is 304 g/mol. The van der Waals surface area contributed by atoms with E-state index in [1.807, 2.05) is 0 Å². The Bertz CT molecular complexity index is 852. The summed E-state index contributed by atoms with van der Waals surface area (Å²) < 4.78 is 25.7. The van der Waals surface area contributed by atoms with Crippen molar-refractivity contribution in [1.29, 1.82) is 0 Å². The molecule has 0 spiro atoms. The summed E-state index contributed by atoms with van der Waals surface area (Å²) in [6.07, 6.45) is 1.70. The lowest BCUT2D eigenvalue weighted by molar-refractivity contribution is -0.142. The molecule has 0 aliphatic heterocycles. The summed E-state index contributed by atoms with van der Waals surface area (Å²) in [5, 5.41) is 10.0. The van der Waals surface area contributed by atoms with Gasteiger partial charge in [0.2, 0.25) is 10.0 Å². The predicted molar refractivity (Wildman–Crippen MR) is 82.3 cm³/mol. The number of benzene rings is 1. The second-order valence-electron chi connectivity index (χ2n) is 5.85. The third-order valence-corrected chi connectivity index (χ3v) is 6.10. The van der Waals surface area contributed by atoms with Crippen LogP contribution in [0.1, 0.15) is 17.7 Å². The van der Waals surface area contributed by atoms with E-state index < -0.39 is 16.0 Å². The second kappa shape index (κ2) is 5.10. The van der Waals surface area contributed by atoms with Crippen LogP contribution < -0.4 is 0 Å². The van der Waals surface area contributed by atoms with E-state index in [-0.39, 0.29) is 10.8 Å². The van der Waals surface area contributed by atoms with Gasteiger partial charge in [-0.15, -0.1) is 0 Å². The lowest BCUT2D eigenvalue weighted by atomic mass is 9.87. The molecule has 7 heteroatoms. The molecule has 22 heavy (non-hydrogen) atoms. The minimum Gasteiger partial charge on any atom is -0.481 e. The van der Waals surface area contributed by atoms with Crippen LogP contribution in [-0.2, 0) is 27.7 Å². The molecule has 0 saturated carbocycles. The first kappa shape index (κ1) is 15.1. The van der Waals surface area contributed by atoms with Crippen LogP contribution in [0.25, 0.3) is 10.9 Å². The highest BCUT2D eigenvalue weighted by atomic mass is 32.2. The molecule has 2 N–H and O–H groups in total. The zero-order valence-corrected chi connectivity index (χ0v) is 13.3. The lowest BCUT2D eigenvalue weighted by Crippen LogP contribution is -2.22. The van der Waals surface area contributed by atoms with Gasteiger partial charge in [-0.05, 0) is 36.6 Å². The summed E-state index contributed by atoms with van der Waals surface area (Å²) in [7, 11) is -0.465. The van der Waals surface area contributed by atoms with E-state index in [0.29, 0.717) is 19.3 Å². The van der Waals surface area contributed by atoms with Gasteiger partial charge in [-0.1, -0.05) is 0 Å². The number of fused-ring (bicyclic) bond motifs is 3. The maximum absolute atomic E-state index is 12.2. The number of carboxylic acid groups (broad SMARTS) is 1. The van der Waals surface area contributed by atoms with Crippen molar-refractivity contribution < 1.29 is 18.3 Å². The van der Waals surface area contributed by atoms with E-state index in [4.69, 9.17) is 5.11 Å². The van der Waals surface area contributed by atoms with Gasteiger partial charge in [0.25, 0.3) is 0 Å². The predicted octanol–water partition coefficient (Wildman–Crippen LogP) is 1.61. The molecule has 0 radical (unpaired) electrons. The molecule has 0 amide bonds. The minimum atomic E-state index is -3.47. The molecule has 1 heterocycles. The molecule has 0 bridgehead atoms. The molecule has 0 fully saturated rings. The maximum Gasteiger partial charge on any atom is 0.306 e. The highest BCUT2D eigenvalue weighted by Crippen LogP contribution is 2.33. The van der Waals surface area contributed by atoms with Gasteiger partial charge in [-0.3, -0.25) is 4.79 Å². The first-order valence-corrected chi connectivity index (χ1v) is 8.53. The number of nitrogens with zero attached hydrogens (tertiary/aromatic N) is 1. The molecule has 1 aromatic heterocycles. The van der Waals surface area contributed by atoms with Crippen molar-refractivity contribution in [3.05, 3.63) is 29.5 Å². The lowest BCUT2D eigenvalue weighted by Gasteiger charge is -2.18. The quantitative estimate of drug-likeness (QED) is 0.898. The molecule has 3 rings (SSSR count). The highest BCUT2D eigenvalue weighted by Gasteiger charge is 2.27. The number of rotatable bonds is 3. The van der Waals surface area contributed by atoms with Crippen LogP contribution >= 0.6 is 0 Å². The Hall–Kier alpha value is -1.86. The summed E-state index contributed by atoms with van der Waals surface area (Å²) in [5.74, 6) is -1.15. The summed E-state index contributed by atoms with van der Waals surface area (Å²) in [5.41, 5.74) is 2.81. The fraction of sp³-hybridized carbons (Fsp3) is 0.400. The summed E-state index contributed by atoms with van der Waals surface area (Å²) in [6, 6.07) is 5.01. The minimum absolute atomic E-state index is 0.257. The summed E-state index contributed by atoms with van der Waals surface area (Å²) >= 11 is 0. The van der Waals surface area contributed by atoms with Crippen LogP contribution in [0.3, 0.4) is 0 Å². The fourth-order valence-corrected chi connectivity index (χ4v) is 3.92. The maximum atomic E-state index is 12.2. The van der Waals surface area contributed by atoms with Crippen LogP contribution in [-0.4, -0.2) is 42.9 Å². The Labute approximate surface area is 128 Å². The van der Waals surface area contributed by atoms with Crippen molar-refractivity contribution in [3.63, 3.8) is 0 Å². The molecular formula is C15H18N2O4S. The number of H-pyrrole nitrogens is 1. The number of hydrogen-bond donors (Lipinski definition) is 2. The Kier molecular flexibility index (Phi) is 3.49. The SMILES string of the molecule is CN(C)S(=O)(=O)c1ccc2[nH]c3c(c2c1)CCC(C(=O)O)C3. The van der Waals surface area contributed by atoms with Crippen molar-refractivity contribution in [2.75, 3.05) is 14.1 Å². The number of carbonyl (C=O) groups is 1. The van der Waals surface area contributed by atoms with E-state index in [1.54, 1.807) is 18.2 Å². The molecule has 0 saturated heterocycles. The van der Waals surface area contributed by atoms with Gasteiger partial charge in [0, 0.05) is 37.1 Å². The molecule has 1 unspecified atom stereocenters.